The van der Waals surface area contributed by atoms with E-state index in [1.54, 1.807) is 0 Å². The van der Waals surface area contributed by atoms with E-state index in [0.29, 0.717) is 45.7 Å². The third-order valence-electron chi connectivity index (χ3n) is 6.66. The Kier molecular flexibility index (Phi) is 6.27. The van der Waals surface area contributed by atoms with Gasteiger partial charge in [-0.05, 0) is 25.7 Å². The highest BCUT2D eigenvalue weighted by atomic mass is 32.2. The third kappa shape index (κ3) is 4.38. The number of nitrogens with zero attached hydrogens (tertiary/aromatic N) is 2. The molecule has 9 heteroatoms. The van der Waals surface area contributed by atoms with Crippen molar-refractivity contribution in [3.05, 3.63) is 0 Å². The lowest BCUT2D eigenvalue weighted by molar-refractivity contribution is -0.179. The highest BCUT2D eigenvalue weighted by molar-refractivity contribution is 7.86. The lowest BCUT2D eigenvalue weighted by Crippen LogP contribution is -2.55. The SMILES string of the molecule is O=C(NC1CCCCC1)[C@H]1CCCN(S(=O)(=O)N2CCC3(CC2)OCCO3)C1. The van der Waals surface area contributed by atoms with Gasteiger partial charge in [0.05, 0.1) is 19.1 Å². The van der Waals surface area contributed by atoms with Crippen LogP contribution >= 0.6 is 0 Å². The molecule has 28 heavy (non-hydrogen) atoms. The summed E-state index contributed by atoms with van der Waals surface area (Å²) in [6, 6.07) is 0.262. The van der Waals surface area contributed by atoms with Gasteiger partial charge in [-0.1, -0.05) is 19.3 Å². The van der Waals surface area contributed by atoms with Crippen molar-refractivity contribution in [1.82, 2.24) is 13.9 Å². The summed E-state index contributed by atoms with van der Waals surface area (Å²) in [4.78, 5) is 12.7. The molecule has 3 heterocycles. The average Bonchev–Trinajstić information content (AvgIpc) is 3.17. The van der Waals surface area contributed by atoms with E-state index in [-0.39, 0.29) is 24.4 Å². The van der Waals surface area contributed by atoms with Crippen LogP contribution in [0.5, 0.6) is 0 Å². The van der Waals surface area contributed by atoms with Crippen molar-refractivity contribution in [2.45, 2.75) is 69.6 Å². The van der Waals surface area contributed by atoms with Crippen LogP contribution in [0.25, 0.3) is 0 Å². The van der Waals surface area contributed by atoms with Crippen LogP contribution in [-0.4, -0.2) is 74.2 Å². The van der Waals surface area contributed by atoms with Crippen LogP contribution in [0.15, 0.2) is 0 Å². The molecule has 160 valence electrons. The van der Waals surface area contributed by atoms with Crippen LogP contribution in [0.2, 0.25) is 0 Å². The fourth-order valence-corrected chi connectivity index (χ4v) is 6.64. The third-order valence-corrected chi connectivity index (χ3v) is 8.66. The molecule has 3 saturated heterocycles. The zero-order chi connectivity index (χ0) is 19.6. The molecule has 1 amide bonds. The molecule has 1 saturated carbocycles. The maximum Gasteiger partial charge on any atom is 0.282 e. The lowest BCUT2D eigenvalue weighted by atomic mass is 9.93. The smallest absolute Gasteiger partial charge is 0.282 e. The van der Waals surface area contributed by atoms with E-state index in [1.165, 1.54) is 27.9 Å². The fraction of sp³-hybridized carbons (Fsp3) is 0.947. The summed E-state index contributed by atoms with van der Waals surface area (Å²) in [6.45, 7) is 2.74. The van der Waals surface area contributed by atoms with Gasteiger partial charge in [0.15, 0.2) is 5.79 Å². The van der Waals surface area contributed by atoms with Gasteiger partial charge in [0, 0.05) is 45.1 Å². The van der Waals surface area contributed by atoms with E-state index in [9.17, 15) is 13.2 Å². The molecule has 1 N–H and O–H groups in total. The molecule has 4 aliphatic rings. The van der Waals surface area contributed by atoms with E-state index >= 15 is 0 Å². The van der Waals surface area contributed by atoms with Crippen LogP contribution < -0.4 is 5.32 Å². The molecular weight excluding hydrogens is 382 g/mol. The van der Waals surface area contributed by atoms with E-state index in [1.807, 2.05) is 0 Å². The summed E-state index contributed by atoms with van der Waals surface area (Å²) < 4.78 is 40.7. The van der Waals surface area contributed by atoms with Crippen molar-refractivity contribution in [2.75, 3.05) is 39.4 Å². The van der Waals surface area contributed by atoms with Crippen molar-refractivity contribution >= 4 is 16.1 Å². The number of carbonyl (C=O) groups excluding carboxylic acids is 1. The van der Waals surface area contributed by atoms with Gasteiger partial charge in [0.1, 0.15) is 0 Å². The first-order valence-electron chi connectivity index (χ1n) is 10.8. The molecule has 1 atom stereocenters. The zero-order valence-electron chi connectivity index (χ0n) is 16.6. The van der Waals surface area contributed by atoms with Gasteiger partial charge >= 0.3 is 0 Å². The highest BCUT2D eigenvalue weighted by Crippen LogP contribution is 2.33. The van der Waals surface area contributed by atoms with Crippen molar-refractivity contribution in [3.63, 3.8) is 0 Å². The number of carbonyl (C=O) groups is 1. The normalized spacial score (nSPS) is 30.5. The van der Waals surface area contributed by atoms with Gasteiger partial charge in [-0.25, -0.2) is 0 Å². The molecule has 1 aliphatic carbocycles. The minimum Gasteiger partial charge on any atom is -0.353 e. The number of hydrogen-bond donors (Lipinski definition) is 1. The molecule has 4 rings (SSSR count). The minimum absolute atomic E-state index is 0.0251. The first-order chi connectivity index (χ1) is 13.5. The van der Waals surface area contributed by atoms with Crippen molar-refractivity contribution in [1.29, 1.82) is 0 Å². The Morgan fingerprint density at radius 3 is 2.25 bits per heavy atom. The van der Waals surface area contributed by atoms with Crippen LogP contribution in [0.1, 0.15) is 57.8 Å². The molecule has 0 bridgehead atoms. The minimum atomic E-state index is -3.56. The first kappa shape index (κ1) is 20.5. The Morgan fingerprint density at radius 1 is 0.893 bits per heavy atom. The summed E-state index contributed by atoms with van der Waals surface area (Å²) >= 11 is 0. The molecule has 0 aromatic rings. The Labute approximate surface area is 168 Å². The van der Waals surface area contributed by atoms with E-state index in [2.05, 4.69) is 5.32 Å². The number of rotatable bonds is 4. The van der Waals surface area contributed by atoms with Gasteiger partial charge in [0.2, 0.25) is 5.91 Å². The molecule has 0 aromatic heterocycles. The molecule has 0 unspecified atom stereocenters. The summed E-state index contributed by atoms with van der Waals surface area (Å²) in [5.74, 6) is -0.809. The van der Waals surface area contributed by atoms with Crippen molar-refractivity contribution < 1.29 is 22.7 Å². The van der Waals surface area contributed by atoms with Crippen molar-refractivity contribution in [2.24, 2.45) is 5.92 Å². The highest BCUT2D eigenvalue weighted by Gasteiger charge is 2.44. The second kappa shape index (κ2) is 8.55. The summed E-state index contributed by atoms with van der Waals surface area (Å²) in [5, 5.41) is 3.17. The van der Waals surface area contributed by atoms with Gasteiger partial charge in [-0.2, -0.15) is 17.0 Å². The maximum atomic E-state index is 13.1. The van der Waals surface area contributed by atoms with Crippen molar-refractivity contribution in [3.8, 4) is 0 Å². The van der Waals surface area contributed by atoms with Crippen LogP contribution in [-0.2, 0) is 24.5 Å². The van der Waals surface area contributed by atoms with Gasteiger partial charge in [-0.3, -0.25) is 4.79 Å². The summed E-state index contributed by atoms with van der Waals surface area (Å²) in [5.41, 5.74) is 0. The Morgan fingerprint density at radius 2 is 1.57 bits per heavy atom. The summed E-state index contributed by atoms with van der Waals surface area (Å²) in [7, 11) is -3.56. The maximum absolute atomic E-state index is 13.1. The van der Waals surface area contributed by atoms with Crippen LogP contribution in [0, 0.1) is 5.92 Å². The molecule has 8 nitrogen and oxygen atoms in total. The number of hydrogen-bond acceptors (Lipinski definition) is 5. The number of ether oxygens (including phenoxy) is 2. The molecule has 3 aliphatic heterocycles. The van der Waals surface area contributed by atoms with Gasteiger partial charge in [-0.15, -0.1) is 0 Å². The Balaban J connectivity index is 1.33. The second-order valence-electron chi connectivity index (χ2n) is 8.56. The fourth-order valence-electron chi connectivity index (χ4n) is 4.94. The van der Waals surface area contributed by atoms with Gasteiger partial charge in [0.25, 0.3) is 10.2 Å². The van der Waals surface area contributed by atoms with Crippen LogP contribution in [0.3, 0.4) is 0 Å². The Hall–Kier alpha value is -0.740. The number of amides is 1. The average molecular weight is 416 g/mol. The summed E-state index contributed by atoms with van der Waals surface area (Å²) in [6.07, 6.45) is 8.27. The van der Waals surface area contributed by atoms with Crippen LogP contribution in [0.4, 0.5) is 0 Å². The predicted octanol–water partition coefficient (Wildman–Crippen LogP) is 1.23. The number of nitrogens with one attached hydrogen (secondary N) is 1. The Bertz CT molecular complexity index is 648. The quantitative estimate of drug-likeness (QED) is 0.746. The first-order valence-corrected chi connectivity index (χ1v) is 12.2. The predicted molar refractivity (Wildman–Crippen MR) is 104 cm³/mol. The standard InChI is InChI=1S/C19H33N3O5S/c23-18(20-17-6-2-1-3-7-17)16-5-4-10-22(15-16)28(24,25)21-11-8-19(9-12-21)26-13-14-27-19/h16-17H,1-15H2,(H,20,23)/t16-/m0/s1. The molecule has 0 aromatic carbocycles. The van der Waals surface area contributed by atoms with E-state index in [4.69, 9.17) is 9.47 Å². The van der Waals surface area contributed by atoms with E-state index < -0.39 is 16.0 Å². The monoisotopic (exact) mass is 415 g/mol. The lowest BCUT2D eigenvalue weighted by Gasteiger charge is -2.40. The molecule has 4 fully saturated rings. The molecule has 0 radical (unpaired) electrons. The number of piperidine rings is 2. The molecular formula is C19H33N3O5S. The van der Waals surface area contributed by atoms with E-state index in [0.717, 1.165) is 25.7 Å². The van der Waals surface area contributed by atoms with Gasteiger partial charge < -0.3 is 14.8 Å². The second-order valence-corrected chi connectivity index (χ2v) is 10.5. The largest absolute Gasteiger partial charge is 0.353 e. The zero-order valence-corrected chi connectivity index (χ0v) is 17.4. The topological polar surface area (TPSA) is 88.2 Å². The molecule has 1 spiro atoms.